The Hall–Kier alpha value is -2.40. The maximum absolute atomic E-state index is 12.1. The van der Waals surface area contributed by atoms with Crippen LogP contribution in [0.3, 0.4) is 0 Å². The molecule has 0 spiro atoms. The van der Waals surface area contributed by atoms with Gasteiger partial charge < -0.3 is 10.2 Å². The highest BCUT2D eigenvalue weighted by molar-refractivity contribution is 5.69. The van der Waals surface area contributed by atoms with E-state index in [1.54, 1.807) is 7.05 Å². The van der Waals surface area contributed by atoms with Gasteiger partial charge in [0.05, 0.1) is 6.04 Å². The molecule has 0 saturated carbocycles. The van der Waals surface area contributed by atoms with Crippen LogP contribution in [0.4, 0.5) is 5.82 Å². The summed E-state index contributed by atoms with van der Waals surface area (Å²) in [6, 6.07) is 10.6. The lowest BCUT2D eigenvalue weighted by Gasteiger charge is -2.25. The Morgan fingerprint density at radius 1 is 1.30 bits per heavy atom. The first-order chi connectivity index (χ1) is 11.1. The molecule has 5 nitrogen and oxygen atoms in total. The second-order valence-electron chi connectivity index (χ2n) is 6.05. The van der Waals surface area contributed by atoms with Crippen molar-refractivity contribution in [3.8, 4) is 0 Å². The van der Waals surface area contributed by atoms with Crippen molar-refractivity contribution in [3.63, 3.8) is 0 Å². The average molecular weight is 310 g/mol. The van der Waals surface area contributed by atoms with Crippen molar-refractivity contribution in [3.05, 3.63) is 63.5 Å². The molecule has 23 heavy (non-hydrogen) atoms. The molecule has 1 unspecified atom stereocenters. The lowest BCUT2D eigenvalue weighted by molar-refractivity contribution is 0.311. The Bertz CT molecular complexity index is 778. The fourth-order valence-electron chi connectivity index (χ4n) is 2.97. The van der Waals surface area contributed by atoms with Crippen molar-refractivity contribution in [1.82, 2.24) is 14.7 Å². The Labute approximate surface area is 136 Å². The summed E-state index contributed by atoms with van der Waals surface area (Å²) in [6.07, 6.45) is 4.69. The Balaban J connectivity index is 1.85. The molecule has 3 rings (SSSR count). The van der Waals surface area contributed by atoms with Crippen molar-refractivity contribution in [1.29, 1.82) is 0 Å². The van der Waals surface area contributed by atoms with Crippen LogP contribution in [0.15, 0.2) is 41.2 Å². The highest BCUT2D eigenvalue weighted by atomic mass is 16.1. The summed E-state index contributed by atoms with van der Waals surface area (Å²) >= 11 is 0. The number of anilines is 1. The van der Waals surface area contributed by atoms with Crippen LogP contribution in [0.5, 0.6) is 0 Å². The number of benzene rings is 1. The molecule has 0 aliphatic heterocycles. The monoisotopic (exact) mass is 310 g/mol. The maximum atomic E-state index is 12.1. The van der Waals surface area contributed by atoms with Gasteiger partial charge in [0.1, 0.15) is 0 Å². The molecule has 1 aromatic heterocycles. The second kappa shape index (κ2) is 6.38. The number of aryl methyl sites for hydroxylation is 1. The largest absolute Gasteiger partial charge is 0.366 e. The van der Waals surface area contributed by atoms with Crippen LogP contribution in [0.1, 0.15) is 22.7 Å². The van der Waals surface area contributed by atoms with E-state index in [-0.39, 0.29) is 11.6 Å². The smallest absolute Gasteiger partial charge is 0.270 e. The van der Waals surface area contributed by atoms with E-state index in [0.717, 1.165) is 23.5 Å². The molecule has 0 fully saturated rings. The van der Waals surface area contributed by atoms with E-state index in [4.69, 9.17) is 0 Å². The predicted molar refractivity (Wildman–Crippen MR) is 93.6 cm³/mol. The number of aromatic nitrogens is 2. The van der Waals surface area contributed by atoms with Crippen LogP contribution in [0.25, 0.3) is 6.08 Å². The summed E-state index contributed by atoms with van der Waals surface area (Å²) in [4.78, 5) is 14.3. The minimum absolute atomic E-state index is 0.0113. The normalized spacial score (nSPS) is 14.1. The third kappa shape index (κ3) is 3.05. The molecule has 2 aromatic rings. The topological polar surface area (TPSA) is 50.2 Å². The van der Waals surface area contributed by atoms with Crippen LogP contribution in [0.2, 0.25) is 0 Å². The minimum Gasteiger partial charge on any atom is -0.366 e. The average Bonchev–Trinajstić information content (AvgIpc) is 3.03. The summed E-state index contributed by atoms with van der Waals surface area (Å²) in [5.74, 6) is 0.777. The van der Waals surface area contributed by atoms with E-state index in [1.165, 1.54) is 10.2 Å². The number of allylic oxidation sites excluding steroid dienone is 1. The van der Waals surface area contributed by atoms with E-state index in [1.807, 2.05) is 18.2 Å². The number of fused-ring (bicyclic) bond motifs is 1. The first-order valence-corrected chi connectivity index (χ1v) is 7.80. The molecule has 1 aromatic carbocycles. The van der Waals surface area contributed by atoms with Crippen molar-refractivity contribution in [2.24, 2.45) is 7.05 Å². The number of nitrogens with one attached hydrogen (secondary N) is 1. The molecule has 0 radical (unpaired) electrons. The lowest BCUT2D eigenvalue weighted by atomic mass is 10.1. The number of hydrogen-bond donors (Lipinski definition) is 1. The highest BCUT2D eigenvalue weighted by Gasteiger charge is 2.19. The number of nitrogens with zero attached hydrogens (tertiary/aromatic N) is 3. The van der Waals surface area contributed by atoms with Gasteiger partial charge in [-0.2, -0.15) is 5.10 Å². The fraction of sp³-hybridized carbons (Fsp3) is 0.333. The molecule has 1 atom stereocenters. The first-order valence-electron chi connectivity index (χ1n) is 7.80. The van der Waals surface area contributed by atoms with Crippen molar-refractivity contribution in [2.45, 2.75) is 12.5 Å². The summed E-state index contributed by atoms with van der Waals surface area (Å²) in [5, 5.41) is 7.82. The van der Waals surface area contributed by atoms with Gasteiger partial charge in [0.25, 0.3) is 5.56 Å². The molecule has 1 aliphatic carbocycles. The van der Waals surface area contributed by atoms with Crippen molar-refractivity contribution < 1.29 is 0 Å². The SMILES string of the molecule is CN(C)C(CNc1nn(C)c(=O)c2c1C=CC2)c1ccccc1. The number of hydrogen-bond acceptors (Lipinski definition) is 4. The molecule has 120 valence electrons. The Kier molecular flexibility index (Phi) is 4.30. The standard InChI is InChI=1S/C18H22N4O/c1-21(2)16(13-8-5-4-6-9-13)12-19-17-14-10-7-11-15(14)18(23)22(3)20-17/h4-10,16H,11-12H2,1-3H3,(H,19,20). The third-order valence-electron chi connectivity index (χ3n) is 4.26. The third-order valence-corrected chi connectivity index (χ3v) is 4.26. The first kappa shape index (κ1) is 15.5. The quantitative estimate of drug-likeness (QED) is 0.918. The van der Waals surface area contributed by atoms with Gasteiger partial charge in [-0.15, -0.1) is 0 Å². The van der Waals surface area contributed by atoms with Gasteiger partial charge in [0, 0.05) is 24.7 Å². The second-order valence-corrected chi connectivity index (χ2v) is 6.05. The molecule has 1 heterocycles. The van der Waals surface area contributed by atoms with Gasteiger partial charge in [0.15, 0.2) is 5.82 Å². The molecule has 1 aliphatic rings. The van der Waals surface area contributed by atoms with Crippen molar-refractivity contribution in [2.75, 3.05) is 26.0 Å². The predicted octanol–water partition coefficient (Wildman–Crippen LogP) is 2.06. The van der Waals surface area contributed by atoms with E-state index in [9.17, 15) is 4.79 Å². The van der Waals surface area contributed by atoms with Crippen LogP contribution in [0, 0.1) is 0 Å². The zero-order valence-electron chi connectivity index (χ0n) is 13.8. The Morgan fingerprint density at radius 2 is 2.04 bits per heavy atom. The summed E-state index contributed by atoms with van der Waals surface area (Å²) in [6.45, 7) is 0.725. The van der Waals surface area contributed by atoms with Crippen LogP contribution >= 0.6 is 0 Å². The lowest BCUT2D eigenvalue weighted by Crippen LogP contribution is -2.29. The molecular weight excluding hydrogens is 288 g/mol. The number of likely N-dealkylation sites (N-methyl/N-ethyl adjacent to an activating group) is 1. The molecule has 1 N–H and O–H groups in total. The molecule has 0 saturated heterocycles. The zero-order valence-corrected chi connectivity index (χ0v) is 13.8. The summed E-state index contributed by atoms with van der Waals surface area (Å²) in [5.41, 5.74) is 2.99. The van der Waals surface area contributed by atoms with E-state index < -0.39 is 0 Å². The van der Waals surface area contributed by atoms with Gasteiger partial charge in [-0.25, -0.2) is 4.68 Å². The van der Waals surface area contributed by atoms with Crippen LogP contribution < -0.4 is 10.9 Å². The maximum Gasteiger partial charge on any atom is 0.270 e. The van der Waals surface area contributed by atoms with Gasteiger partial charge in [-0.3, -0.25) is 4.79 Å². The summed E-state index contributed by atoms with van der Waals surface area (Å²) < 4.78 is 1.42. The van der Waals surface area contributed by atoms with Crippen LogP contribution in [-0.4, -0.2) is 35.3 Å². The zero-order chi connectivity index (χ0) is 16.4. The highest BCUT2D eigenvalue weighted by Crippen LogP contribution is 2.24. The van der Waals surface area contributed by atoms with E-state index in [2.05, 4.69) is 53.7 Å². The fourth-order valence-corrected chi connectivity index (χ4v) is 2.97. The molecule has 5 heteroatoms. The van der Waals surface area contributed by atoms with Gasteiger partial charge >= 0.3 is 0 Å². The molecule has 0 amide bonds. The van der Waals surface area contributed by atoms with Crippen LogP contribution in [-0.2, 0) is 13.5 Å². The molecular formula is C18H22N4O. The minimum atomic E-state index is -0.0113. The van der Waals surface area contributed by atoms with Gasteiger partial charge in [-0.1, -0.05) is 42.5 Å². The van der Waals surface area contributed by atoms with Gasteiger partial charge in [0.2, 0.25) is 0 Å². The van der Waals surface area contributed by atoms with E-state index in [0.29, 0.717) is 6.42 Å². The number of rotatable bonds is 5. The van der Waals surface area contributed by atoms with Crippen molar-refractivity contribution >= 4 is 11.9 Å². The molecule has 0 bridgehead atoms. The summed E-state index contributed by atoms with van der Waals surface area (Å²) in [7, 11) is 5.84. The Morgan fingerprint density at radius 3 is 2.74 bits per heavy atom. The van der Waals surface area contributed by atoms with Gasteiger partial charge in [-0.05, 0) is 26.1 Å². The van der Waals surface area contributed by atoms with E-state index >= 15 is 0 Å².